The van der Waals surface area contributed by atoms with Gasteiger partial charge >= 0.3 is 0 Å². The molecule has 0 bridgehead atoms. The average molecular weight is 384 g/mol. The Bertz CT molecular complexity index is 697. The van der Waals surface area contributed by atoms with Crippen molar-refractivity contribution in [3.8, 4) is 5.75 Å². The second kappa shape index (κ2) is 7.77. The Kier molecular flexibility index (Phi) is 5.69. The summed E-state index contributed by atoms with van der Waals surface area (Å²) >= 11 is 13.6. The molecule has 128 valence electrons. The van der Waals surface area contributed by atoms with E-state index in [4.69, 9.17) is 27.9 Å². The van der Waals surface area contributed by atoms with Gasteiger partial charge in [-0.1, -0.05) is 36.0 Å². The molecule has 3 nitrogen and oxygen atoms in total. The van der Waals surface area contributed by atoms with Crippen molar-refractivity contribution in [3.05, 3.63) is 50.6 Å². The highest BCUT2D eigenvalue weighted by Crippen LogP contribution is 2.41. The summed E-state index contributed by atoms with van der Waals surface area (Å²) in [5.74, 6) is 0.326. The van der Waals surface area contributed by atoms with Gasteiger partial charge in [0.2, 0.25) is 0 Å². The van der Waals surface area contributed by atoms with E-state index in [1.54, 1.807) is 29.5 Å². The smallest absolute Gasteiger partial charge is 0.257 e. The van der Waals surface area contributed by atoms with E-state index in [0.717, 1.165) is 12.8 Å². The Balaban J connectivity index is 1.55. The fourth-order valence-electron chi connectivity index (χ4n) is 3.24. The Hall–Kier alpha value is -1.23. The molecule has 1 aromatic carbocycles. The largest absolute Gasteiger partial charge is 0.482 e. The maximum atomic E-state index is 12.2. The van der Waals surface area contributed by atoms with Gasteiger partial charge < -0.3 is 10.1 Å². The lowest BCUT2D eigenvalue weighted by molar-refractivity contribution is -0.123. The first kappa shape index (κ1) is 17.6. The summed E-state index contributed by atoms with van der Waals surface area (Å²) in [4.78, 5) is 12.2. The number of amides is 1. The lowest BCUT2D eigenvalue weighted by Gasteiger charge is -2.28. The van der Waals surface area contributed by atoms with Crippen LogP contribution in [-0.4, -0.2) is 19.1 Å². The fraction of sp³-hybridized carbons (Fsp3) is 0.389. The van der Waals surface area contributed by atoms with Crippen LogP contribution in [0.5, 0.6) is 5.75 Å². The van der Waals surface area contributed by atoms with E-state index in [2.05, 4.69) is 22.1 Å². The molecule has 1 aromatic heterocycles. The van der Waals surface area contributed by atoms with Crippen LogP contribution >= 0.6 is 34.5 Å². The Morgan fingerprint density at radius 2 is 2.04 bits per heavy atom. The van der Waals surface area contributed by atoms with Crippen molar-refractivity contribution in [2.75, 3.05) is 13.2 Å². The Labute approximate surface area is 155 Å². The molecule has 1 heterocycles. The van der Waals surface area contributed by atoms with Crippen LogP contribution in [0.25, 0.3) is 0 Å². The molecule has 1 aliphatic carbocycles. The van der Waals surface area contributed by atoms with E-state index in [9.17, 15) is 4.79 Å². The molecule has 6 heteroatoms. The molecule has 1 aliphatic rings. The molecule has 0 spiro atoms. The van der Waals surface area contributed by atoms with Gasteiger partial charge in [0.15, 0.2) is 6.61 Å². The van der Waals surface area contributed by atoms with Gasteiger partial charge in [-0.2, -0.15) is 11.3 Å². The average Bonchev–Trinajstić information content (AvgIpc) is 3.24. The molecule has 1 fully saturated rings. The highest BCUT2D eigenvalue weighted by atomic mass is 35.5. The lowest BCUT2D eigenvalue weighted by Crippen LogP contribution is -2.40. The molecular formula is C18H19Cl2NO2S. The van der Waals surface area contributed by atoms with Crippen molar-refractivity contribution in [1.29, 1.82) is 0 Å². The third-order valence-electron chi connectivity index (χ3n) is 4.57. The van der Waals surface area contributed by atoms with Crippen molar-refractivity contribution in [3.63, 3.8) is 0 Å². The fourth-order valence-corrected chi connectivity index (χ4v) is 4.48. The number of nitrogens with one attached hydrogen (secondary N) is 1. The standard InChI is InChI=1S/C18H19Cl2NO2S/c19-14-3-4-16(15(20)9-14)23-10-17(22)21-12-18(6-1-2-7-18)13-5-8-24-11-13/h3-5,8-9,11H,1-2,6-7,10,12H2,(H,21,22). The van der Waals surface area contributed by atoms with E-state index in [1.807, 2.05) is 0 Å². The minimum atomic E-state index is -0.137. The minimum Gasteiger partial charge on any atom is -0.482 e. The summed E-state index contributed by atoms with van der Waals surface area (Å²) in [7, 11) is 0. The van der Waals surface area contributed by atoms with Crippen LogP contribution in [-0.2, 0) is 10.2 Å². The first-order chi connectivity index (χ1) is 11.6. The monoisotopic (exact) mass is 383 g/mol. The number of benzene rings is 1. The summed E-state index contributed by atoms with van der Waals surface area (Å²) in [6.07, 6.45) is 4.66. The zero-order valence-corrected chi connectivity index (χ0v) is 15.5. The number of hydrogen-bond acceptors (Lipinski definition) is 3. The Morgan fingerprint density at radius 3 is 2.71 bits per heavy atom. The maximum absolute atomic E-state index is 12.2. The van der Waals surface area contributed by atoms with Gasteiger partial charge in [0, 0.05) is 17.0 Å². The van der Waals surface area contributed by atoms with Crippen LogP contribution in [0.1, 0.15) is 31.2 Å². The zero-order valence-electron chi connectivity index (χ0n) is 13.2. The highest BCUT2D eigenvalue weighted by molar-refractivity contribution is 7.08. The van der Waals surface area contributed by atoms with Crippen LogP contribution in [0.15, 0.2) is 35.0 Å². The number of hydrogen-bond donors (Lipinski definition) is 1. The minimum absolute atomic E-state index is 0.0545. The van der Waals surface area contributed by atoms with Gasteiger partial charge in [0.05, 0.1) is 5.02 Å². The van der Waals surface area contributed by atoms with Gasteiger partial charge in [-0.25, -0.2) is 0 Å². The second-order valence-electron chi connectivity index (χ2n) is 6.14. The normalized spacial score (nSPS) is 16.1. The van der Waals surface area contributed by atoms with Gasteiger partial charge in [-0.05, 0) is 53.4 Å². The molecule has 0 saturated heterocycles. The molecule has 0 unspecified atom stereocenters. The molecule has 0 aliphatic heterocycles. The first-order valence-electron chi connectivity index (χ1n) is 7.96. The predicted molar refractivity (Wildman–Crippen MR) is 99.4 cm³/mol. The van der Waals surface area contributed by atoms with Gasteiger partial charge in [0.25, 0.3) is 5.91 Å². The molecule has 0 radical (unpaired) electrons. The summed E-state index contributed by atoms with van der Waals surface area (Å²) in [5.41, 5.74) is 1.42. The number of ether oxygens (including phenoxy) is 1. The van der Waals surface area contributed by atoms with Crippen molar-refractivity contribution in [2.24, 2.45) is 0 Å². The molecule has 2 aromatic rings. The Morgan fingerprint density at radius 1 is 1.25 bits per heavy atom. The van der Waals surface area contributed by atoms with Crippen molar-refractivity contribution < 1.29 is 9.53 Å². The molecule has 24 heavy (non-hydrogen) atoms. The van der Waals surface area contributed by atoms with Crippen LogP contribution < -0.4 is 10.1 Å². The maximum Gasteiger partial charge on any atom is 0.257 e. The summed E-state index contributed by atoms with van der Waals surface area (Å²) in [5, 5.41) is 8.26. The van der Waals surface area contributed by atoms with E-state index in [0.29, 0.717) is 22.3 Å². The summed E-state index contributed by atoms with van der Waals surface area (Å²) < 4.78 is 5.49. The predicted octanol–water partition coefficient (Wildman–Crippen LogP) is 5.06. The molecular weight excluding hydrogens is 365 g/mol. The first-order valence-corrected chi connectivity index (χ1v) is 9.66. The molecule has 1 N–H and O–H groups in total. The quantitative estimate of drug-likeness (QED) is 0.756. The third kappa shape index (κ3) is 4.05. The summed E-state index contributed by atoms with van der Waals surface area (Å²) in [6, 6.07) is 7.12. The van der Waals surface area contributed by atoms with Crippen molar-refractivity contribution >= 4 is 40.4 Å². The molecule has 1 amide bonds. The number of halogens is 2. The lowest BCUT2D eigenvalue weighted by atomic mass is 9.80. The van der Waals surface area contributed by atoms with Crippen LogP contribution in [0.3, 0.4) is 0 Å². The highest BCUT2D eigenvalue weighted by Gasteiger charge is 2.36. The molecule has 1 saturated carbocycles. The van der Waals surface area contributed by atoms with E-state index in [-0.39, 0.29) is 17.9 Å². The van der Waals surface area contributed by atoms with Crippen LogP contribution in [0.4, 0.5) is 0 Å². The number of carbonyl (C=O) groups is 1. The van der Waals surface area contributed by atoms with Crippen molar-refractivity contribution in [2.45, 2.75) is 31.1 Å². The van der Waals surface area contributed by atoms with E-state index in [1.165, 1.54) is 18.4 Å². The zero-order chi connectivity index (χ0) is 17.0. The second-order valence-corrected chi connectivity index (χ2v) is 7.76. The number of rotatable bonds is 6. The summed E-state index contributed by atoms with van der Waals surface area (Å²) in [6.45, 7) is 0.599. The van der Waals surface area contributed by atoms with Gasteiger partial charge in [-0.3, -0.25) is 4.79 Å². The van der Waals surface area contributed by atoms with Gasteiger partial charge in [-0.15, -0.1) is 0 Å². The number of carbonyl (C=O) groups excluding carboxylic acids is 1. The molecule has 3 rings (SSSR count). The SMILES string of the molecule is O=C(COc1ccc(Cl)cc1Cl)NCC1(c2ccsc2)CCCC1. The van der Waals surface area contributed by atoms with Gasteiger partial charge in [0.1, 0.15) is 5.75 Å². The van der Waals surface area contributed by atoms with Crippen LogP contribution in [0, 0.1) is 0 Å². The van der Waals surface area contributed by atoms with Crippen molar-refractivity contribution in [1.82, 2.24) is 5.32 Å². The number of thiophene rings is 1. The van der Waals surface area contributed by atoms with E-state index < -0.39 is 0 Å². The van der Waals surface area contributed by atoms with Crippen LogP contribution in [0.2, 0.25) is 10.0 Å². The topological polar surface area (TPSA) is 38.3 Å². The third-order valence-corrected chi connectivity index (χ3v) is 5.78. The van der Waals surface area contributed by atoms with E-state index >= 15 is 0 Å². The molecule has 0 atom stereocenters.